The summed E-state index contributed by atoms with van der Waals surface area (Å²) in [7, 11) is 0. The van der Waals surface area contributed by atoms with E-state index < -0.39 is 0 Å². The van der Waals surface area contributed by atoms with Gasteiger partial charge in [0.05, 0.1) is 0 Å². The molecule has 0 atom stereocenters. The van der Waals surface area contributed by atoms with Crippen molar-refractivity contribution in [3.05, 3.63) is 145 Å². The van der Waals surface area contributed by atoms with Crippen LogP contribution in [0.5, 0.6) is 0 Å². The molecule has 1 heteroatoms. The third-order valence-electron chi connectivity index (χ3n) is 12.1. The van der Waals surface area contributed by atoms with Gasteiger partial charge in [0, 0.05) is 0 Å². The molecule has 0 aliphatic heterocycles. The molecule has 58 heavy (non-hydrogen) atoms. The minimum Gasteiger partial charge on any atom is -0.358 e. The second-order valence-corrected chi connectivity index (χ2v) is 22.0. The summed E-state index contributed by atoms with van der Waals surface area (Å²) in [4.78, 5) is 0. The molecule has 6 aromatic rings. The van der Waals surface area contributed by atoms with Crippen LogP contribution < -0.4 is 0 Å². The average Bonchev–Trinajstić information content (AvgIpc) is 3.71. The molecule has 0 spiro atoms. The van der Waals surface area contributed by atoms with Gasteiger partial charge in [0.15, 0.2) is 0 Å². The number of rotatable bonds is 8. The standard InChI is InChI=1S/C55H70.2CH3.Hf/c1-35(2)33-55(34-36(3)4,45-23-37-19-17-21-47(49(37)31-45)39-25-41(51(5,6)7)29-42(26-39)52(8,9)10)46-24-38-20-18-22-48(50(38)32-46)40-27-43(53(11,12)13)30-44(28-40)54(14,15)16;;;/h17-32,35-36H,33-34H2,1-16H3;2*1H3;/q-2;2*-1;+4. The van der Waals surface area contributed by atoms with Crippen molar-refractivity contribution in [3.8, 4) is 22.3 Å². The van der Waals surface area contributed by atoms with E-state index >= 15 is 0 Å². The van der Waals surface area contributed by atoms with Crippen LogP contribution in [0.15, 0.2) is 97.1 Å². The third kappa shape index (κ3) is 10.1. The van der Waals surface area contributed by atoms with Gasteiger partial charge in [-0.2, -0.15) is 12.1 Å². The minimum absolute atomic E-state index is 0. The maximum Gasteiger partial charge on any atom is 4.00 e. The third-order valence-corrected chi connectivity index (χ3v) is 12.1. The van der Waals surface area contributed by atoms with Crippen LogP contribution in [0.4, 0.5) is 0 Å². The summed E-state index contributed by atoms with van der Waals surface area (Å²) in [6, 6.07) is 38.9. The Hall–Kier alpha value is -3.03. The van der Waals surface area contributed by atoms with Crippen LogP contribution >= 0.6 is 0 Å². The summed E-state index contributed by atoms with van der Waals surface area (Å²) in [5.74, 6) is 1.06. The Labute approximate surface area is 375 Å². The van der Waals surface area contributed by atoms with Gasteiger partial charge in [-0.15, -0.1) is 69.1 Å². The van der Waals surface area contributed by atoms with E-state index in [0.717, 1.165) is 12.8 Å². The van der Waals surface area contributed by atoms with Crippen LogP contribution in [-0.4, -0.2) is 0 Å². The fraction of sp³-hybridized carbons (Fsp3) is 0.439. The first-order chi connectivity index (χ1) is 25.4. The predicted octanol–water partition coefficient (Wildman–Crippen LogP) is 17.2. The predicted molar refractivity (Wildman–Crippen MR) is 257 cm³/mol. The van der Waals surface area contributed by atoms with Gasteiger partial charge in [-0.25, -0.2) is 0 Å². The van der Waals surface area contributed by atoms with Crippen molar-refractivity contribution in [1.29, 1.82) is 0 Å². The van der Waals surface area contributed by atoms with E-state index in [1.165, 1.54) is 77.2 Å². The van der Waals surface area contributed by atoms with Crippen LogP contribution in [0.1, 0.15) is 157 Å². The van der Waals surface area contributed by atoms with E-state index in [4.69, 9.17) is 0 Å². The van der Waals surface area contributed by atoms with E-state index in [2.05, 4.69) is 208 Å². The van der Waals surface area contributed by atoms with Gasteiger partial charge in [0.25, 0.3) is 0 Å². The summed E-state index contributed by atoms with van der Waals surface area (Å²) in [6.07, 6.45) is 2.20. The SMILES string of the molecule is CC(C)CC(CC(C)C)(c1cc2c(-c3cc(C(C)(C)C)cc(C(C)(C)C)c3)cccc2[cH-]1)c1cc2c(-c3cc(C(C)(C)C)cc(C(C)(C)C)c3)cccc2[cH-]1.[CH3-].[CH3-].[Hf+4]. The Bertz CT molecular complexity index is 2070. The van der Waals surface area contributed by atoms with Crippen molar-refractivity contribution < 1.29 is 25.8 Å². The molecule has 0 aromatic heterocycles. The number of benzene rings is 4. The van der Waals surface area contributed by atoms with Gasteiger partial charge in [0.2, 0.25) is 0 Å². The molecule has 0 radical (unpaired) electrons. The van der Waals surface area contributed by atoms with Crippen molar-refractivity contribution in [3.63, 3.8) is 0 Å². The molecule has 0 nitrogen and oxygen atoms in total. The molecule has 0 amide bonds. The molecule has 308 valence electrons. The molecule has 0 saturated carbocycles. The fourth-order valence-corrected chi connectivity index (χ4v) is 8.94. The quantitative estimate of drug-likeness (QED) is 0.105. The van der Waals surface area contributed by atoms with Crippen molar-refractivity contribution in [2.45, 2.75) is 151 Å². The molecule has 0 N–H and O–H groups in total. The monoisotopic (exact) mass is 941 g/mol. The van der Waals surface area contributed by atoms with Crippen LogP contribution in [-0.2, 0) is 52.9 Å². The summed E-state index contributed by atoms with van der Waals surface area (Å²) in [6.45, 7) is 37.7. The smallest absolute Gasteiger partial charge is 0.358 e. The Kier molecular flexibility index (Phi) is 14.9. The van der Waals surface area contributed by atoms with Crippen LogP contribution in [0, 0.1) is 26.7 Å². The van der Waals surface area contributed by atoms with Gasteiger partial charge in [-0.05, 0) is 85.1 Å². The van der Waals surface area contributed by atoms with Gasteiger partial charge in [0.1, 0.15) is 0 Å². The van der Waals surface area contributed by atoms with Crippen LogP contribution in [0.3, 0.4) is 0 Å². The zero-order valence-electron chi connectivity index (χ0n) is 39.8. The Morgan fingerprint density at radius 3 is 0.983 bits per heavy atom. The van der Waals surface area contributed by atoms with Gasteiger partial charge >= 0.3 is 25.8 Å². The first-order valence-electron chi connectivity index (χ1n) is 21.1. The number of hydrogen-bond acceptors (Lipinski definition) is 0. The van der Waals surface area contributed by atoms with Gasteiger partial charge < -0.3 is 14.9 Å². The number of fused-ring (bicyclic) bond motifs is 2. The molecule has 0 heterocycles. The van der Waals surface area contributed by atoms with E-state index in [-0.39, 0.29) is 67.8 Å². The van der Waals surface area contributed by atoms with E-state index in [9.17, 15) is 0 Å². The molecular weight excluding hydrogens is 863 g/mol. The molecule has 0 aliphatic carbocycles. The van der Waals surface area contributed by atoms with Crippen molar-refractivity contribution in [2.24, 2.45) is 11.8 Å². The second kappa shape index (κ2) is 17.5. The fourth-order valence-electron chi connectivity index (χ4n) is 8.94. The van der Waals surface area contributed by atoms with Crippen molar-refractivity contribution in [1.82, 2.24) is 0 Å². The first kappa shape index (κ1) is 49.3. The average molecular weight is 940 g/mol. The van der Waals surface area contributed by atoms with Crippen LogP contribution in [0.25, 0.3) is 43.8 Å². The maximum atomic E-state index is 2.58. The van der Waals surface area contributed by atoms with Gasteiger partial charge in [-0.1, -0.05) is 170 Å². The molecule has 0 bridgehead atoms. The second-order valence-electron chi connectivity index (χ2n) is 22.0. The van der Waals surface area contributed by atoms with E-state index in [0.29, 0.717) is 11.8 Å². The molecule has 0 fully saturated rings. The van der Waals surface area contributed by atoms with Gasteiger partial charge in [-0.3, -0.25) is 0 Å². The molecule has 6 rings (SSSR count). The normalized spacial score (nSPS) is 12.9. The molecule has 0 unspecified atom stereocenters. The van der Waals surface area contributed by atoms with Crippen LogP contribution in [0.2, 0.25) is 0 Å². The topological polar surface area (TPSA) is 0 Å². The van der Waals surface area contributed by atoms with Crippen molar-refractivity contribution >= 4 is 21.5 Å². The molecule has 6 aromatic carbocycles. The molecule has 0 saturated heterocycles. The summed E-state index contributed by atoms with van der Waals surface area (Å²) in [5.41, 5.74) is 14.0. The zero-order chi connectivity index (χ0) is 40.5. The number of hydrogen-bond donors (Lipinski definition) is 0. The Morgan fingerprint density at radius 2 is 0.724 bits per heavy atom. The largest absolute Gasteiger partial charge is 4.00 e. The summed E-state index contributed by atoms with van der Waals surface area (Å²) < 4.78 is 0. The Balaban J connectivity index is 0.00000300. The zero-order valence-corrected chi connectivity index (χ0v) is 43.4. The van der Waals surface area contributed by atoms with E-state index in [1.807, 2.05) is 0 Å². The summed E-state index contributed by atoms with van der Waals surface area (Å²) in [5, 5.41) is 5.42. The maximum absolute atomic E-state index is 2.58. The molecular formula is C57H76Hf. The Morgan fingerprint density at radius 1 is 0.431 bits per heavy atom. The van der Waals surface area contributed by atoms with E-state index in [1.54, 1.807) is 0 Å². The van der Waals surface area contributed by atoms with Crippen molar-refractivity contribution in [2.75, 3.05) is 0 Å². The minimum atomic E-state index is -0.122. The molecule has 0 aliphatic rings. The summed E-state index contributed by atoms with van der Waals surface area (Å²) >= 11 is 0. The first-order valence-corrected chi connectivity index (χ1v) is 21.1.